The van der Waals surface area contributed by atoms with Crippen molar-refractivity contribution in [2.45, 2.75) is 32.9 Å². The van der Waals surface area contributed by atoms with Crippen LogP contribution in [0.4, 0.5) is 0 Å². The SMILES string of the molecule is CCc1c(O)c(O)n(CCCn2ccnc2)c1-c1ccco1. The van der Waals surface area contributed by atoms with Crippen LogP contribution in [0, 0.1) is 0 Å². The van der Waals surface area contributed by atoms with Crippen LogP contribution >= 0.6 is 0 Å². The van der Waals surface area contributed by atoms with Crippen LogP contribution in [0.25, 0.3) is 11.5 Å². The van der Waals surface area contributed by atoms with Gasteiger partial charge in [0.05, 0.1) is 18.3 Å². The lowest BCUT2D eigenvalue weighted by molar-refractivity contribution is 0.366. The van der Waals surface area contributed by atoms with Gasteiger partial charge in [0, 0.05) is 31.0 Å². The predicted molar refractivity (Wildman–Crippen MR) is 81.7 cm³/mol. The first-order valence-electron chi connectivity index (χ1n) is 7.35. The van der Waals surface area contributed by atoms with Gasteiger partial charge in [-0.05, 0) is 25.0 Å². The third-order valence-electron chi connectivity index (χ3n) is 3.77. The van der Waals surface area contributed by atoms with Gasteiger partial charge in [0.2, 0.25) is 5.88 Å². The molecule has 0 aliphatic rings. The molecule has 0 aliphatic heterocycles. The number of rotatable bonds is 6. The predicted octanol–water partition coefficient (Wildman–Crippen LogP) is 3.01. The van der Waals surface area contributed by atoms with Crippen LogP contribution in [0.5, 0.6) is 11.6 Å². The van der Waals surface area contributed by atoms with Crippen LogP contribution in [-0.4, -0.2) is 24.3 Å². The van der Waals surface area contributed by atoms with Crippen molar-refractivity contribution < 1.29 is 14.6 Å². The van der Waals surface area contributed by atoms with Gasteiger partial charge in [-0.2, -0.15) is 0 Å². The summed E-state index contributed by atoms with van der Waals surface area (Å²) in [6, 6.07) is 3.63. The van der Waals surface area contributed by atoms with E-state index in [1.165, 1.54) is 0 Å². The molecule has 0 saturated carbocycles. The molecule has 0 amide bonds. The van der Waals surface area contributed by atoms with Crippen molar-refractivity contribution in [1.29, 1.82) is 0 Å². The number of imidazole rings is 1. The van der Waals surface area contributed by atoms with E-state index in [4.69, 9.17) is 4.42 Å². The number of hydrogen-bond acceptors (Lipinski definition) is 4. The minimum Gasteiger partial charge on any atom is -0.503 e. The van der Waals surface area contributed by atoms with Crippen LogP contribution < -0.4 is 0 Å². The van der Waals surface area contributed by atoms with Crippen LogP contribution in [-0.2, 0) is 19.5 Å². The fourth-order valence-corrected chi connectivity index (χ4v) is 2.72. The minimum atomic E-state index is -0.103. The summed E-state index contributed by atoms with van der Waals surface area (Å²) < 4.78 is 9.16. The molecule has 116 valence electrons. The Morgan fingerprint density at radius 3 is 2.77 bits per heavy atom. The van der Waals surface area contributed by atoms with Gasteiger partial charge in [-0.15, -0.1) is 0 Å². The van der Waals surface area contributed by atoms with Crippen molar-refractivity contribution in [3.8, 4) is 23.1 Å². The molecule has 0 atom stereocenters. The van der Waals surface area contributed by atoms with E-state index in [2.05, 4.69) is 4.98 Å². The van der Waals surface area contributed by atoms with E-state index in [-0.39, 0.29) is 11.6 Å². The lowest BCUT2D eigenvalue weighted by Gasteiger charge is -2.10. The molecule has 0 spiro atoms. The van der Waals surface area contributed by atoms with Crippen molar-refractivity contribution in [2.24, 2.45) is 0 Å². The summed E-state index contributed by atoms with van der Waals surface area (Å²) in [5.41, 5.74) is 1.45. The Labute approximate surface area is 128 Å². The summed E-state index contributed by atoms with van der Waals surface area (Å²) in [4.78, 5) is 4.01. The highest BCUT2D eigenvalue weighted by atomic mass is 16.3. The molecule has 0 bridgehead atoms. The zero-order valence-electron chi connectivity index (χ0n) is 12.4. The molecule has 0 saturated heterocycles. The van der Waals surface area contributed by atoms with Gasteiger partial charge in [0.1, 0.15) is 0 Å². The zero-order valence-corrected chi connectivity index (χ0v) is 12.4. The first-order valence-corrected chi connectivity index (χ1v) is 7.35. The van der Waals surface area contributed by atoms with E-state index in [0.717, 1.165) is 18.7 Å². The number of aromatic nitrogens is 3. The molecule has 0 aromatic carbocycles. The van der Waals surface area contributed by atoms with E-state index >= 15 is 0 Å². The molecule has 3 heterocycles. The van der Waals surface area contributed by atoms with Gasteiger partial charge in [-0.3, -0.25) is 0 Å². The molecular formula is C16H19N3O3. The van der Waals surface area contributed by atoms with Gasteiger partial charge in [0.15, 0.2) is 11.5 Å². The van der Waals surface area contributed by atoms with E-state index in [1.807, 2.05) is 23.8 Å². The van der Waals surface area contributed by atoms with E-state index in [0.29, 0.717) is 24.3 Å². The molecule has 6 heteroatoms. The van der Waals surface area contributed by atoms with Crippen LogP contribution in [0.15, 0.2) is 41.5 Å². The molecule has 3 rings (SSSR count). The Kier molecular flexibility index (Phi) is 3.91. The second-order valence-electron chi connectivity index (χ2n) is 5.14. The quantitative estimate of drug-likeness (QED) is 0.734. The molecule has 0 aliphatic carbocycles. The molecule has 0 fully saturated rings. The summed E-state index contributed by atoms with van der Waals surface area (Å²) >= 11 is 0. The largest absolute Gasteiger partial charge is 0.503 e. The molecule has 3 aromatic heterocycles. The summed E-state index contributed by atoms with van der Waals surface area (Å²) in [5, 5.41) is 20.4. The third-order valence-corrected chi connectivity index (χ3v) is 3.77. The minimum absolute atomic E-state index is 0.0588. The van der Waals surface area contributed by atoms with Crippen molar-refractivity contribution in [2.75, 3.05) is 0 Å². The van der Waals surface area contributed by atoms with E-state index in [9.17, 15) is 10.2 Å². The average Bonchev–Trinajstić information content (AvgIpc) is 3.24. The topological polar surface area (TPSA) is 76.3 Å². The van der Waals surface area contributed by atoms with Crippen LogP contribution in [0.1, 0.15) is 18.9 Å². The fourth-order valence-electron chi connectivity index (χ4n) is 2.72. The van der Waals surface area contributed by atoms with Gasteiger partial charge in [0.25, 0.3) is 0 Å². The molecule has 0 radical (unpaired) electrons. The van der Waals surface area contributed by atoms with Crippen molar-refractivity contribution in [3.63, 3.8) is 0 Å². The summed E-state index contributed by atoms with van der Waals surface area (Å²) in [6.07, 6.45) is 8.41. The Morgan fingerprint density at radius 2 is 2.14 bits per heavy atom. The summed E-state index contributed by atoms with van der Waals surface area (Å²) in [5.74, 6) is 0.487. The second-order valence-corrected chi connectivity index (χ2v) is 5.14. The number of aromatic hydroxyl groups is 2. The Morgan fingerprint density at radius 1 is 1.27 bits per heavy atom. The molecule has 6 nitrogen and oxygen atoms in total. The lowest BCUT2D eigenvalue weighted by Crippen LogP contribution is -2.04. The smallest absolute Gasteiger partial charge is 0.235 e. The van der Waals surface area contributed by atoms with Crippen LogP contribution in [0.2, 0.25) is 0 Å². The normalized spacial score (nSPS) is 11.1. The molecule has 0 unspecified atom stereocenters. The first-order chi connectivity index (χ1) is 10.7. The van der Waals surface area contributed by atoms with Crippen molar-refractivity contribution in [1.82, 2.24) is 14.1 Å². The highest BCUT2D eigenvalue weighted by molar-refractivity contribution is 5.67. The maximum absolute atomic E-state index is 10.2. The number of hydrogen-bond donors (Lipinski definition) is 2. The molecular weight excluding hydrogens is 282 g/mol. The Bertz CT molecular complexity index is 727. The Hall–Kier alpha value is -2.63. The highest BCUT2D eigenvalue weighted by Gasteiger charge is 2.23. The number of nitrogens with zero attached hydrogens (tertiary/aromatic N) is 3. The van der Waals surface area contributed by atoms with E-state index < -0.39 is 0 Å². The lowest BCUT2D eigenvalue weighted by atomic mass is 10.1. The number of furan rings is 1. The highest BCUT2D eigenvalue weighted by Crippen LogP contribution is 2.41. The molecule has 22 heavy (non-hydrogen) atoms. The molecule has 3 aromatic rings. The monoisotopic (exact) mass is 301 g/mol. The van der Waals surface area contributed by atoms with Crippen molar-refractivity contribution in [3.05, 3.63) is 42.7 Å². The number of aryl methyl sites for hydroxylation is 1. The molecule has 2 N–H and O–H groups in total. The van der Waals surface area contributed by atoms with Gasteiger partial charge in [-0.1, -0.05) is 6.92 Å². The maximum atomic E-state index is 10.2. The van der Waals surface area contributed by atoms with E-state index in [1.54, 1.807) is 29.4 Å². The average molecular weight is 301 g/mol. The standard InChI is InChI=1S/C16H19N3O3/c1-2-12-14(13-5-3-10-22-13)19(16(21)15(12)20)8-4-7-18-9-6-17-11-18/h3,5-6,9-11,20-21H,2,4,7-8H2,1H3. The maximum Gasteiger partial charge on any atom is 0.235 e. The third kappa shape index (κ3) is 2.47. The second kappa shape index (κ2) is 6.01. The van der Waals surface area contributed by atoms with Gasteiger partial charge in [-0.25, -0.2) is 4.98 Å². The first kappa shape index (κ1) is 14.3. The zero-order chi connectivity index (χ0) is 15.5. The van der Waals surface area contributed by atoms with Gasteiger partial charge >= 0.3 is 0 Å². The van der Waals surface area contributed by atoms with Crippen LogP contribution in [0.3, 0.4) is 0 Å². The van der Waals surface area contributed by atoms with Crippen molar-refractivity contribution >= 4 is 0 Å². The summed E-state index contributed by atoms with van der Waals surface area (Å²) in [6.45, 7) is 3.31. The summed E-state index contributed by atoms with van der Waals surface area (Å²) in [7, 11) is 0. The fraction of sp³-hybridized carbons (Fsp3) is 0.312. The Balaban J connectivity index is 1.89. The van der Waals surface area contributed by atoms with Gasteiger partial charge < -0.3 is 23.8 Å².